The van der Waals surface area contributed by atoms with Crippen LogP contribution < -0.4 is 10.1 Å². The molecule has 0 fully saturated rings. The van der Waals surface area contributed by atoms with E-state index in [-0.39, 0.29) is 5.56 Å². The lowest BCUT2D eigenvalue weighted by atomic mass is 10.2. The number of carbonyl (C=O) groups is 1. The lowest BCUT2D eigenvalue weighted by Crippen LogP contribution is -2.02. The van der Waals surface area contributed by atoms with E-state index in [2.05, 4.69) is 15.3 Å². The van der Waals surface area contributed by atoms with Gasteiger partial charge in [0.15, 0.2) is 5.13 Å². The van der Waals surface area contributed by atoms with E-state index in [9.17, 15) is 4.79 Å². The van der Waals surface area contributed by atoms with Gasteiger partial charge in [0.1, 0.15) is 11.3 Å². The van der Waals surface area contributed by atoms with Crippen molar-refractivity contribution in [1.29, 1.82) is 0 Å². The minimum absolute atomic E-state index is 0.106. The number of aromatic carboxylic acids is 1. The van der Waals surface area contributed by atoms with E-state index in [1.54, 1.807) is 13.2 Å². The lowest BCUT2D eigenvalue weighted by molar-refractivity contribution is 0.0697. The van der Waals surface area contributed by atoms with Crippen molar-refractivity contribution >= 4 is 38.3 Å². The molecule has 0 radical (unpaired) electrons. The quantitative estimate of drug-likeness (QED) is 0.770. The van der Waals surface area contributed by atoms with Gasteiger partial charge in [-0.1, -0.05) is 11.3 Å². The third-order valence-electron chi connectivity index (χ3n) is 2.89. The maximum atomic E-state index is 11.2. The molecule has 1 aromatic carbocycles. The first-order chi connectivity index (χ1) is 10.2. The van der Waals surface area contributed by atoms with E-state index in [1.807, 2.05) is 18.2 Å². The van der Waals surface area contributed by atoms with Crippen LogP contribution in [0.4, 0.5) is 10.8 Å². The minimum Gasteiger partial charge on any atom is -0.497 e. The van der Waals surface area contributed by atoms with Crippen LogP contribution in [0.2, 0.25) is 0 Å². The van der Waals surface area contributed by atoms with Gasteiger partial charge < -0.3 is 15.2 Å². The Morgan fingerprint density at radius 2 is 2.24 bits per heavy atom. The van der Waals surface area contributed by atoms with Crippen LogP contribution in [0.3, 0.4) is 0 Å². The summed E-state index contributed by atoms with van der Waals surface area (Å²) in [6, 6.07) is 7.19. The molecule has 0 atom stereocenters. The van der Waals surface area contributed by atoms with Crippen molar-refractivity contribution in [2.45, 2.75) is 0 Å². The highest BCUT2D eigenvalue weighted by Crippen LogP contribution is 2.31. The summed E-state index contributed by atoms with van der Waals surface area (Å²) >= 11 is 1.43. The van der Waals surface area contributed by atoms with Gasteiger partial charge in [-0.15, -0.1) is 0 Å². The zero-order chi connectivity index (χ0) is 14.8. The zero-order valence-electron chi connectivity index (χ0n) is 11.0. The number of carboxylic acid groups (broad SMARTS) is 1. The van der Waals surface area contributed by atoms with Gasteiger partial charge in [-0.05, 0) is 24.3 Å². The van der Waals surface area contributed by atoms with Crippen LogP contribution in [0.1, 0.15) is 10.4 Å². The smallest absolute Gasteiger partial charge is 0.339 e. The summed E-state index contributed by atoms with van der Waals surface area (Å²) < 4.78 is 6.13. The van der Waals surface area contributed by atoms with Gasteiger partial charge >= 0.3 is 5.97 Å². The van der Waals surface area contributed by atoms with Crippen molar-refractivity contribution in [1.82, 2.24) is 9.97 Å². The van der Waals surface area contributed by atoms with Crippen molar-refractivity contribution in [2.75, 3.05) is 12.4 Å². The molecule has 0 spiro atoms. The molecular weight excluding hydrogens is 290 g/mol. The maximum absolute atomic E-state index is 11.2. The number of carboxylic acids is 1. The van der Waals surface area contributed by atoms with Gasteiger partial charge in [0.25, 0.3) is 0 Å². The number of hydrogen-bond acceptors (Lipinski definition) is 6. The largest absolute Gasteiger partial charge is 0.497 e. The molecule has 0 aliphatic heterocycles. The van der Waals surface area contributed by atoms with E-state index < -0.39 is 5.97 Å². The van der Waals surface area contributed by atoms with Crippen molar-refractivity contribution in [3.05, 3.63) is 42.2 Å². The molecule has 3 rings (SSSR count). The molecule has 21 heavy (non-hydrogen) atoms. The number of ether oxygens (including phenoxy) is 1. The van der Waals surface area contributed by atoms with Crippen molar-refractivity contribution in [3.63, 3.8) is 0 Å². The molecule has 106 valence electrons. The fourth-order valence-electron chi connectivity index (χ4n) is 1.87. The summed E-state index contributed by atoms with van der Waals surface area (Å²) in [6.45, 7) is 0. The summed E-state index contributed by atoms with van der Waals surface area (Å²) in [6.07, 6.45) is 2.84. The van der Waals surface area contributed by atoms with Crippen LogP contribution in [-0.2, 0) is 0 Å². The first-order valence-electron chi connectivity index (χ1n) is 6.06. The Kier molecular flexibility index (Phi) is 3.41. The van der Waals surface area contributed by atoms with Gasteiger partial charge in [0.05, 0.1) is 23.0 Å². The highest BCUT2D eigenvalue weighted by Gasteiger charge is 2.12. The molecule has 0 saturated heterocycles. The Labute approximate surface area is 124 Å². The standard InChI is InChI=1S/C14H11N3O3S/c1-20-8-2-3-11-12(6-8)21-14(17-11)16-10-4-5-15-7-9(10)13(18)19/h2-7H,1H3,(H,18,19)(H,15,16,17). The van der Waals surface area contributed by atoms with Gasteiger partial charge in [-0.25, -0.2) is 9.78 Å². The molecule has 2 aromatic heterocycles. The number of anilines is 2. The number of aromatic nitrogens is 2. The molecule has 6 nitrogen and oxygen atoms in total. The Morgan fingerprint density at radius 3 is 3.00 bits per heavy atom. The van der Waals surface area contributed by atoms with Crippen LogP contribution in [0.5, 0.6) is 5.75 Å². The summed E-state index contributed by atoms with van der Waals surface area (Å²) in [7, 11) is 1.61. The highest BCUT2D eigenvalue weighted by atomic mass is 32.1. The fourth-order valence-corrected chi connectivity index (χ4v) is 2.78. The second-order valence-corrected chi connectivity index (χ2v) is 5.23. The van der Waals surface area contributed by atoms with Crippen LogP contribution in [0.25, 0.3) is 10.2 Å². The Balaban J connectivity index is 1.97. The minimum atomic E-state index is -1.03. The normalized spacial score (nSPS) is 10.5. The Morgan fingerprint density at radius 1 is 1.38 bits per heavy atom. The number of methoxy groups -OCH3 is 1. The molecule has 0 aliphatic rings. The van der Waals surface area contributed by atoms with Crippen molar-refractivity contribution < 1.29 is 14.6 Å². The average Bonchev–Trinajstić information content (AvgIpc) is 2.88. The molecule has 2 N–H and O–H groups in total. The Bertz CT molecular complexity index is 816. The van der Waals surface area contributed by atoms with E-state index in [0.717, 1.165) is 16.0 Å². The number of hydrogen-bond donors (Lipinski definition) is 2. The second-order valence-electron chi connectivity index (χ2n) is 4.20. The predicted octanol–water partition coefficient (Wildman–Crippen LogP) is 3.14. The molecule has 0 bridgehead atoms. The summed E-state index contributed by atoms with van der Waals surface area (Å²) in [5, 5.41) is 12.8. The number of benzene rings is 1. The average molecular weight is 301 g/mol. The molecular formula is C14H11N3O3S. The van der Waals surface area contributed by atoms with E-state index in [1.165, 1.54) is 23.7 Å². The second kappa shape index (κ2) is 5.37. The van der Waals surface area contributed by atoms with Crippen molar-refractivity contribution in [2.24, 2.45) is 0 Å². The lowest BCUT2D eigenvalue weighted by Gasteiger charge is -2.05. The van der Waals surface area contributed by atoms with Crippen LogP contribution in [0, 0.1) is 0 Å². The number of rotatable bonds is 4. The van der Waals surface area contributed by atoms with Crippen molar-refractivity contribution in [3.8, 4) is 5.75 Å². The summed E-state index contributed by atoms with van der Waals surface area (Å²) in [5.74, 6) is -0.277. The first-order valence-corrected chi connectivity index (χ1v) is 6.88. The SMILES string of the molecule is COc1ccc2nc(Nc3ccncc3C(=O)O)sc2c1. The molecule has 0 amide bonds. The molecule has 7 heteroatoms. The summed E-state index contributed by atoms with van der Waals surface area (Å²) in [4.78, 5) is 19.4. The summed E-state index contributed by atoms with van der Waals surface area (Å²) in [5.41, 5.74) is 1.40. The fraction of sp³-hybridized carbons (Fsp3) is 0.0714. The topological polar surface area (TPSA) is 84.3 Å². The number of fused-ring (bicyclic) bond motifs is 1. The highest BCUT2D eigenvalue weighted by molar-refractivity contribution is 7.22. The third-order valence-corrected chi connectivity index (χ3v) is 3.82. The monoisotopic (exact) mass is 301 g/mol. The van der Waals surface area contributed by atoms with Gasteiger partial charge in [-0.3, -0.25) is 4.98 Å². The molecule has 0 unspecified atom stereocenters. The Hall–Kier alpha value is -2.67. The predicted molar refractivity (Wildman–Crippen MR) is 80.7 cm³/mol. The number of thiazole rings is 1. The molecule has 0 saturated carbocycles. The van der Waals surface area contributed by atoms with Gasteiger partial charge in [0, 0.05) is 12.4 Å². The first kappa shape index (κ1) is 13.3. The third kappa shape index (κ3) is 2.63. The number of nitrogens with one attached hydrogen (secondary N) is 1. The number of nitrogens with zero attached hydrogens (tertiary/aromatic N) is 2. The maximum Gasteiger partial charge on any atom is 0.339 e. The molecule has 0 aliphatic carbocycles. The van der Waals surface area contributed by atoms with Crippen LogP contribution >= 0.6 is 11.3 Å². The van der Waals surface area contributed by atoms with E-state index >= 15 is 0 Å². The zero-order valence-corrected chi connectivity index (χ0v) is 11.8. The van der Waals surface area contributed by atoms with Crippen LogP contribution in [-0.4, -0.2) is 28.2 Å². The molecule has 2 heterocycles. The number of pyridine rings is 1. The van der Waals surface area contributed by atoms with E-state index in [0.29, 0.717) is 10.8 Å². The molecule has 3 aromatic rings. The van der Waals surface area contributed by atoms with E-state index in [4.69, 9.17) is 9.84 Å². The van der Waals surface area contributed by atoms with Crippen LogP contribution in [0.15, 0.2) is 36.7 Å². The van der Waals surface area contributed by atoms with Gasteiger partial charge in [-0.2, -0.15) is 0 Å². The van der Waals surface area contributed by atoms with Gasteiger partial charge in [0.2, 0.25) is 0 Å².